The van der Waals surface area contributed by atoms with Gasteiger partial charge in [0.25, 0.3) is 11.6 Å². The molecule has 0 spiro atoms. The van der Waals surface area contributed by atoms with Crippen molar-refractivity contribution in [1.29, 1.82) is 0 Å². The summed E-state index contributed by atoms with van der Waals surface area (Å²) in [5.74, 6) is 0.365. The van der Waals surface area contributed by atoms with Gasteiger partial charge in [0, 0.05) is 30.1 Å². The Labute approximate surface area is 110 Å². The molecule has 1 amide bonds. The van der Waals surface area contributed by atoms with E-state index in [0.717, 1.165) is 12.8 Å². The van der Waals surface area contributed by atoms with E-state index in [9.17, 15) is 14.9 Å². The van der Waals surface area contributed by atoms with Crippen molar-refractivity contribution in [2.75, 3.05) is 12.4 Å². The second-order valence-electron chi connectivity index (χ2n) is 3.91. The molecule has 0 aliphatic heterocycles. The molecular weight excluding hydrogens is 256 g/mol. The molecule has 1 aromatic carbocycles. The Morgan fingerprint density at radius 2 is 2.17 bits per heavy atom. The normalized spacial score (nSPS) is 10.1. The van der Waals surface area contributed by atoms with Gasteiger partial charge in [-0.2, -0.15) is 0 Å². The number of carbonyl (C=O) groups is 1. The molecule has 0 aliphatic carbocycles. The van der Waals surface area contributed by atoms with Crippen LogP contribution in [0.4, 0.5) is 5.69 Å². The van der Waals surface area contributed by atoms with Crippen LogP contribution in [-0.2, 0) is 0 Å². The van der Waals surface area contributed by atoms with Crippen LogP contribution < -0.4 is 5.32 Å². The fraction of sp³-hybridized carbons (Fsp3) is 0.417. The minimum atomic E-state index is -0.477. The highest BCUT2D eigenvalue weighted by molar-refractivity contribution is 6.17. The smallest absolute Gasteiger partial charge is 0.269 e. The number of amides is 1. The van der Waals surface area contributed by atoms with Crippen LogP contribution in [0.15, 0.2) is 18.2 Å². The average molecular weight is 271 g/mol. The lowest BCUT2D eigenvalue weighted by Crippen LogP contribution is -2.25. The molecule has 0 saturated heterocycles. The van der Waals surface area contributed by atoms with Gasteiger partial charge < -0.3 is 5.32 Å². The topological polar surface area (TPSA) is 72.2 Å². The molecule has 0 atom stereocenters. The number of nitro benzene ring substituents is 1. The van der Waals surface area contributed by atoms with Gasteiger partial charge >= 0.3 is 0 Å². The molecule has 1 rings (SSSR count). The van der Waals surface area contributed by atoms with E-state index < -0.39 is 4.92 Å². The van der Waals surface area contributed by atoms with Crippen molar-refractivity contribution >= 4 is 23.2 Å². The highest BCUT2D eigenvalue weighted by atomic mass is 35.5. The minimum Gasteiger partial charge on any atom is -0.352 e. The lowest BCUT2D eigenvalue weighted by Gasteiger charge is -2.07. The van der Waals surface area contributed by atoms with Crippen LogP contribution >= 0.6 is 11.6 Å². The van der Waals surface area contributed by atoms with Crippen molar-refractivity contribution in [1.82, 2.24) is 5.32 Å². The van der Waals surface area contributed by atoms with Crippen LogP contribution in [-0.4, -0.2) is 23.3 Å². The maximum Gasteiger partial charge on any atom is 0.269 e. The summed E-state index contributed by atoms with van der Waals surface area (Å²) in [5.41, 5.74) is 1.05. The fourth-order valence-corrected chi connectivity index (χ4v) is 1.72. The molecule has 6 heteroatoms. The van der Waals surface area contributed by atoms with Crippen LogP contribution in [0, 0.1) is 17.0 Å². The van der Waals surface area contributed by atoms with Gasteiger partial charge in [-0.05, 0) is 31.4 Å². The highest BCUT2D eigenvalue weighted by Gasteiger charge is 2.12. The Kier molecular flexibility index (Phi) is 5.58. The third-order valence-electron chi connectivity index (χ3n) is 2.51. The van der Waals surface area contributed by atoms with Gasteiger partial charge in [-0.15, -0.1) is 11.6 Å². The second-order valence-corrected chi connectivity index (χ2v) is 4.29. The fourth-order valence-electron chi connectivity index (χ4n) is 1.53. The summed E-state index contributed by atoms with van der Waals surface area (Å²) in [6, 6.07) is 4.21. The van der Waals surface area contributed by atoms with Crippen LogP contribution in [0.3, 0.4) is 0 Å². The number of unbranched alkanes of at least 4 members (excludes halogenated alkanes) is 1. The van der Waals surface area contributed by atoms with Crippen molar-refractivity contribution in [2.24, 2.45) is 0 Å². The summed E-state index contributed by atoms with van der Waals surface area (Å²) in [6.45, 7) is 2.24. The molecule has 1 N–H and O–H groups in total. The van der Waals surface area contributed by atoms with E-state index in [-0.39, 0.29) is 11.6 Å². The Morgan fingerprint density at radius 3 is 2.72 bits per heavy atom. The molecule has 18 heavy (non-hydrogen) atoms. The molecule has 0 unspecified atom stereocenters. The number of nitro groups is 1. The Balaban J connectivity index is 2.66. The van der Waals surface area contributed by atoms with Gasteiger partial charge in [-0.1, -0.05) is 0 Å². The maximum atomic E-state index is 11.8. The molecule has 98 valence electrons. The summed E-state index contributed by atoms with van der Waals surface area (Å²) < 4.78 is 0. The Bertz CT molecular complexity index is 449. The van der Waals surface area contributed by atoms with E-state index in [1.165, 1.54) is 18.2 Å². The minimum absolute atomic E-state index is 0.00816. The first kappa shape index (κ1) is 14.4. The molecule has 0 aromatic heterocycles. The molecule has 0 heterocycles. The molecule has 0 bridgehead atoms. The van der Waals surface area contributed by atoms with E-state index in [2.05, 4.69) is 5.32 Å². The van der Waals surface area contributed by atoms with Gasteiger partial charge in [-0.25, -0.2) is 0 Å². The molecule has 0 fully saturated rings. The van der Waals surface area contributed by atoms with Crippen molar-refractivity contribution in [3.8, 4) is 0 Å². The standard InChI is InChI=1S/C12H15ClN2O3/c1-9-8-10(15(17)18)4-5-11(9)12(16)14-7-3-2-6-13/h4-5,8H,2-3,6-7H2,1H3,(H,14,16). The molecule has 0 aliphatic rings. The average Bonchev–Trinajstić information content (AvgIpc) is 2.34. The van der Waals surface area contributed by atoms with Gasteiger partial charge in [0.15, 0.2) is 0 Å². The number of non-ortho nitro benzene ring substituents is 1. The monoisotopic (exact) mass is 270 g/mol. The van der Waals surface area contributed by atoms with Gasteiger partial charge in [-0.3, -0.25) is 14.9 Å². The number of hydrogen-bond donors (Lipinski definition) is 1. The first-order valence-electron chi connectivity index (χ1n) is 5.65. The van der Waals surface area contributed by atoms with Gasteiger partial charge in [0.05, 0.1) is 4.92 Å². The third-order valence-corrected chi connectivity index (χ3v) is 2.78. The molecule has 0 saturated carbocycles. The third kappa shape index (κ3) is 4.00. The quantitative estimate of drug-likeness (QED) is 0.374. The van der Waals surface area contributed by atoms with E-state index in [1.807, 2.05) is 0 Å². The number of benzene rings is 1. The van der Waals surface area contributed by atoms with Gasteiger partial charge in [0.2, 0.25) is 0 Å². The summed E-state index contributed by atoms with van der Waals surface area (Å²) in [4.78, 5) is 21.9. The van der Waals surface area contributed by atoms with Crippen molar-refractivity contribution in [3.05, 3.63) is 39.4 Å². The zero-order chi connectivity index (χ0) is 13.5. The SMILES string of the molecule is Cc1cc([N+](=O)[O-])ccc1C(=O)NCCCCCl. The first-order chi connectivity index (χ1) is 8.56. The predicted octanol–water partition coefficient (Wildman–Crippen LogP) is 2.65. The van der Waals surface area contributed by atoms with Crippen molar-refractivity contribution in [3.63, 3.8) is 0 Å². The summed E-state index contributed by atoms with van der Waals surface area (Å²) in [6.07, 6.45) is 1.67. The number of rotatable bonds is 6. The molecule has 0 radical (unpaired) electrons. The number of carbonyl (C=O) groups excluding carboxylic acids is 1. The van der Waals surface area contributed by atoms with E-state index in [4.69, 9.17) is 11.6 Å². The lowest BCUT2D eigenvalue weighted by atomic mass is 10.1. The second kappa shape index (κ2) is 6.96. The lowest BCUT2D eigenvalue weighted by molar-refractivity contribution is -0.384. The van der Waals surface area contributed by atoms with E-state index >= 15 is 0 Å². The van der Waals surface area contributed by atoms with Crippen molar-refractivity contribution < 1.29 is 9.72 Å². The van der Waals surface area contributed by atoms with Crippen LogP contribution in [0.2, 0.25) is 0 Å². The van der Waals surface area contributed by atoms with Crippen molar-refractivity contribution in [2.45, 2.75) is 19.8 Å². The number of nitrogens with one attached hydrogen (secondary N) is 1. The maximum absolute atomic E-state index is 11.8. The van der Waals surface area contributed by atoms with E-state index in [1.54, 1.807) is 6.92 Å². The summed E-state index contributed by atoms with van der Waals surface area (Å²) in [7, 11) is 0. The summed E-state index contributed by atoms with van der Waals surface area (Å²) in [5, 5.41) is 13.3. The number of hydrogen-bond acceptors (Lipinski definition) is 3. The number of aryl methyl sites for hydroxylation is 1. The number of alkyl halides is 1. The predicted molar refractivity (Wildman–Crippen MR) is 70.1 cm³/mol. The van der Waals surface area contributed by atoms with E-state index in [0.29, 0.717) is 23.6 Å². The largest absolute Gasteiger partial charge is 0.352 e. The molecule has 1 aromatic rings. The zero-order valence-electron chi connectivity index (χ0n) is 10.1. The number of nitrogens with zero attached hydrogens (tertiary/aromatic N) is 1. The molecule has 5 nitrogen and oxygen atoms in total. The Morgan fingerprint density at radius 1 is 1.44 bits per heavy atom. The number of halogens is 1. The van der Waals surface area contributed by atoms with Gasteiger partial charge in [0.1, 0.15) is 0 Å². The van der Waals surface area contributed by atoms with Crippen LogP contribution in [0.25, 0.3) is 0 Å². The van der Waals surface area contributed by atoms with Crippen LogP contribution in [0.5, 0.6) is 0 Å². The highest BCUT2D eigenvalue weighted by Crippen LogP contribution is 2.16. The first-order valence-corrected chi connectivity index (χ1v) is 6.19. The Hall–Kier alpha value is -1.62. The zero-order valence-corrected chi connectivity index (χ0v) is 10.9. The van der Waals surface area contributed by atoms with Crippen LogP contribution in [0.1, 0.15) is 28.8 Å². The summed E-state index contributed by atoms with van der Waals surface area (Å²) >= 11 is 5.53. The molecular formula is C12H15ClN2O3.